The molecule has 0 saturated carbocycles. The minimum absolute atomic E-state index is 0.454. The molecule has 6 nitrogen and oxygen atoms in total. The lowest BCUT2D eigenvalue weighted by Crippen LogP contribution is -2.40. The Hall–Kier alpha value is -2.24. The number of aromatic nitrogens is 4. The Morgan fingerprint density at radius 2 is 1.84 bits per heavy atom. The van der Waals surface area contributed by atoms with E-state index in [0.29, 0.717) is 6.04 Å². The van der Waals surface area contributed by atoms with Crippen molar-refractivity contribution in [2.24, 2.45) is 0 Å². The first-order valence-corrected chi connectivity index (χ1v) is 6.46. The third-order valence-corrected chi connectivity index (χ3v) is 3.26. The summed E-state index contributed by atoms with van der Waals surface area (Å²) in [5.41, 5.74) is 0. The van der Waals surface area contributed by atoms with Crippen molar-refractivity contribution in [1.29, 1.82) is 0 Å². The third-order valence-electron chi connectivity index (χ3n) is 3.26. The second kappa shape index (κ2) is 5.60. The zero-order valence-corrected chi connectivity index (χ0v) is 10.6. The lowest BCUT2D eigenvalue weighted by molar-refractivity contribution is 0.518. The molecular weight excluding hydrogens is 240 g/mol. The quantitative estimate of drug-likeness (QED) is 0.894. The van der Waals surface area contributed by atoms with E-state index >= 15 is 0 Å². The van der Waals surface area contributed by atoms with Gasteiger partial charge in [-0.15, -0.1) is 0 Å². The van der Waals surface area contributed by atoms with Crippen molar-refractivity contribution in [2.45, 2.75) is 18.9 Å². The predicted octanol–water partition coefficient (Wildman–Crippen LogP) is 1.35. The van der Waals surface area contributed by atoms with Crippen LogP contribution >= 0.6 is 0 Å². The van der Waals surface area contributed by atoms with Crippen LogP contribution < -0.4 is 10.2 Å². The first-order chi connectivity index (χ1) is 9.42. The molecular formula is C13H16N6. The smallest absolute Gasteiger partial charge is 0.225 e. The number of nitrogens with one attached hydrogen (secondary N) is 1. The van der Waals surface area contributed by atoms with E-state index in [4.69, 9.17) is 0 Å². The molecule has 1 fully saturated rings. The van der Waals surface area contributed by atoms with E-state index in [-0.39, 0.29) is 0 Å². The van der Waals surface area contributed by atoms with Crippen molar-refractivity contribution in [3.05, 3.63) is 37.1 Å². The zero-order valence-electron chi connectivity index (χ0n) is 10.6. The van der Waals surface area contributed by atoms with E-state index in [2.05, 4.69) is 30.2 Å². The topological polar surface area (TPSA) is 66.8 Å². The predicted molar refractivity (Wildman–Crippen MR) is 72.9 cm³/mol. The fourth-order valence-corrected chi connectivity index (χ4v) is 2.26. The molecule has 0 spiro atoms. The maximum atomic E-state index is 4.29. The molecule has 3 heterocycles. The third kappa shape index (κ3) is 2.96. The molecule has 2 aromatic heterocycles. The van der Waals surface area contributed by atoms with Crippen molar-refractivity contribution in [3.63, 3.8) is 0 Å². The molecule has 1 aliphatic rings. The van der Waals surface area contributed by atoms with Crippen LogP contribution in [0.15, 0.2) is 37.1 Å². The highest BCUT2D eigenvalue weighted by Crippen LogP contribution is 2.17. The minimum atomic E-state index is 0.454. The molecule has 0 radical (unpaired) electrons. The Balaban J connectivity index is 1.55. The summed E-state index contributed by atoms with van der Waals surface area (Å²) in [6.45, 7) is 1.93. The largest absolute Gasteiger partial charge is 0.367 e. The van der Waals surface area contributed by atoms with Gasteiger partial charge in [-0.25, -0.2) is 19.9 Å². The normalized spacial score (nSPS) is 16.3. The van der Waals surface area contributed by atoms with E-state index in [1.807, 2.05) is 12.1 Å². The maximum absolute atomic E-state index is 4.29. The Kier molecular flexibility index (Phi) is 3.49. The van der Waals surface area contributed by atoms with Crippen LogP contribution in [0.4, 0.5) is 11.8 Å². The monoisotopic (exact) mass is 256 g/mol. The number of hydrogen-bond donors (Lipinski definition) is 1. The van der Waals surface area contributed by atoms with Gasteiger partial charge in [0.1, 0.15) is 12.1 Å². The molecule has 1 N–H and O–H groups in total. The molecule has 0 amide bonds. The zero-order chi connectivity index (χ0) is 12.9. The lowest BCUT2D eigenvalue weighted by Gasteiger charge is -2.32. The van der Waals surface area contributed by atoms with Gasteiger partial charge < -0.3 is 10.2 Å². The van der Waals surface area contributed by atoms with Gasteiger partial charge in [0.2, 0.25) is 5.95 Å². The molecule has 0 aromatic carbocycles. The fourth-order valence-electron chi connectivity index (χ4n) is 2.26. The standard InChI is InChI=1S/C13H16N6/c1-5-15-13(16-6-1)19-8-3-11(4-9-19)18-12-2-7-14-10-17-12/h1-2,5-7,10-11H,3-4,8-9H2,(H,14,17,18). The highest BCUT2D eigenvalue weighted by Gasteiger charge is 2.20. The van der Waals surface area contributed by atoms with Crippen LogP contribution in [0.3, 0.4) is 0 Å². The molecule has 1 saturated heterocycles. The number of hydrogen-bond acceptors (Lipinski definition) is 6. The van der Waals surface area contributed by atoms with Crippen molar-refractivity contribution < 1.29 is 0 Å². The summed E-state index contributed by atoms with van der Waals surface area (Å²) in [7, 11) is 0. The van der Waals surface area contributed by atoms with Gasteiger partial charge in [-0.2, -0.15) is 0 Å². The van der Waals surface area contributed by atoms with Gasteiger partial charge in [0.05, 0.1) is 0 Å². The van der Waals surface area contributed by atoms with Crippen LogP contribution in [0.25, 0.3) is 0 Å². The van der Waals surface area contributed by atoms with Crippen LogP contribution in [-0.2, 0) is 0 Å². The second-order valence-corrected chi connectivity index (χ2v) is 4.55. The van der Waals surface area contributed by atoms with Gasteiger partial charge in [-0.3, -0.25) is 0 Å². The van der Waals surface area contributed by atoms with Gasteiger partial charge in [-0.1, -0.05) is 0 Å². The van der Waals surface area contributed by atoms with Crippen molar-refractivity contribution in [3.8, 4) is 0 Å². The van der Waals surface area contributed by atoms with Crippen LogP contribution in [-0.4, -0.2) is 39.1 Å². The first-order valence-electron chi connectivity index (χ1n) is 6.46. The van der Waals surface area contributed by atoms with Gasteiger partial charge in [0.15, 0.2) is 0 Å². The Morgan fingerprint density at radius 3 is 2.53 bits per heavy atom. The summed E-state index contributed by atoms with van der Waals surface area (Å²) in [6.07, 6.45) is 9.00. The van der Waals surface area contributed by atoms with Crippen molar-refractivity contribution >= 4 is 11.8 Å². The average molecular weight is 256 g/mol. The van der Waals surface area contributed by atoms with Gasteiger partial charge in [0.25, 0.3) is 0 Å². The molecule has 2 aromatic rings. The molecule has 0 unspecified atom stereocenters. The van der Waals surface area contributed by atoms with Gasteiger partial charge in [0, 0.05) is 37.7 Å². The molecule has 98 valence electrons. The molecule has 0 aliphatic carbocycles. The fraction of sp³-hybridized carbons (Fsp3) is 0.385. The van der Waals surface area contributed by atoms with E-state index in [9.17, 15) is 0 Å². The van der Waals surface area contributed by atoms with E-state index in [1.165, 1.54) is 0 Å². The number of piperidine rings is 1. The average Bonchev–Trinajstić information content (AvgIpc) is 2.50. The number of anilines is 2. The summed E-state index contributed by atoms with van der Waals surface area (Å²) in [5.74, 6) is 1.72. The van der Waals surface area contributed by atoms with Crippen molar-refractivity contribution in [2.75, 3.05) is 23.3 Å². The van der Waals surface area contributed by atoms with Crippen LogP contribution in [0.1, 0.15) is 12.8 Å². The maximum Gasteiger partial charge on any atom is 0.225 e. The molecule has 0 bridgehead atoms. The summed E-state index contributed by atoms with van der Waals surface area (Å²) in [4.78, 5) is 18.9. The van der Waals surface area contributed by atoms with Crippen LogP contribution in [0, 0.1) is 0 Å². The highest BCUT2D eigenvalue weighted by molar-refractivity contribution is 5.35. The molecule has 6 heteroatoms. The van der Waals surface area contributed by atoms with E-state index in [1.54, 1.807) is 24.9 Å². The Morgan fingerprint density at radius 1 is 1.05 bits per heavy atom. The van der Waals surface area contributed by atoms with Gasteiger partial charge >= 0.3 is 0 Å². The summed E-state index contributed by atoms with van der Waals surface area (Å²) >= 11 is 0. The summed E-state index contributed by atoms with van der Waals surface area (Å²) in [6, 6.07) is 4.19. The molecule has 0 atom stereocenters. The highest BCUT2D eigenvalue weighted by atomic mass is 15.3. The lowest BCUT2D eigenvalue weighted by atomic mass is 10.1. The second-order valence-electron chi connectivity index (χ2n) is 4.55. The summed E-state index contributed by atoms with van der Waals surface area (Å²) in [5, 5.41) is 3.43. The molecule has 1 aliphatic heterocycles. The Labute approximate surface area is 111 Å². The molecule has 19 heavy (non-hydrogen) atoms. The minimum Gasteiger partial charge on any atom is -0.367 e. The van der Waals surface area contributed by atoms with Crippen LogP contribution in [0.2, 0.25) is 0 Å². The van der Waals surface area contributed by atoms with E-state index < -0.39 is 0 Å². The number of rotatable bonds is 3. The first kappa shape index (κ1) is 11.8. The van der Waals surface area contributed by atoms with E-state index in [0.717, 1.165) is 37.7 Å². The van der Waals surface area contributed by atoms with Crippen molar-refractivity contribution in [1.82, 2.24) is 19.9 Å². The van der Waals surface area contributed by atoms with Gasteiger partial charge in [-0.05, 0) is 25.0 Å². The Bertz CT molecular complexity index is 495. The SMILES string of the molecule is c1cnc(N2CCC(Nc3ccncn3)CC2)nc1. The summed E-state index contributed by atoms with van der Waals surface area (Å²) < 4.78 is 0. The molecule has 3 rings (SSSR count). The number of nitrogens with zero attached hydrogens (tertiary/aromatic N) is 5. The van der Waals surface area contributed by atoms with Crippen LogP contribution in [0.5, 0.6) is 0 Å².